The second kappa shape index (κ2) is 8.08. The second-order valence-corrected chi connectivity index (χ2v) is 5.08. The third-order valence-corrected chi connectivity index (χ3v) is 3.48. The normalized spacial score (nSPS) is 19.3. The number of likely N-dealkylation sites (tertiary alicyclic amines) is 1. The van der Waals surface area contributed by atoms with Crippen molar-refractivity contribution in [2.75, 3.05) is 13.1 Å². The van der Waals surface area contributed by atoms with Gasteiger partial charge >= 0.3 is 0 Å². The Bertz CT molecular complexity index is 281. The van der Waals surface area contributed by atoms with E-state index in [0.29, 0.717) is 18.2 Å². The summed E-state index contributed by atoms with van der Waals surface area (Å²) in [6.45, 7) is 3.93. The van der Waals surface area contributed by atoms with E-state index < -0.39 is 0 Å². The first-order valence-corrected chi connectivity index (χ1v) is 6.94. The van der Waals surface area contributed by atoms with E-state index in [1.165, 1.54) is 0 Å². The maximum Gasteiger partial charge on any atom is 0.233 e. The number of nitrogens with one attached hydrogen (secondary N) is 1. The van der Waals surface area contributed by atoms with E-state index in [1.54, 1.807) is 0 Å². The summed E-state index contributed by atoms with van der Waals surface area (Å²) in [5.41, 5.74) is 2.12. The zero-order valence-electron chi connectivity index (χ0n) is 11.3. The molecule has 1 saturated heterocycles. The summed E-state index contributed by atoms with van der Waals surface area (Å²) in [6.07, 6.45) is 6.28. The molecule has 0 aromatic heterocycles. The molecule has 1 rings (SSSR count). The van der Waals surface area contributed by atoms with Crippen molar-refractivity contribution < 1.29 is 9.59 Å². The van der Waals surface area contributed by atoms with Crippen molar-refractivity contribution in [3.63, 3.8) is 0 Å². The molecule has 0 aromatic carbocycles. The van der Waals surface area contributed by atoms with E-state index in [2.05, 4.69) is 12.3 Å². The maximum atomic E-state index is 11.7. The van der Waals surface area contributed by atoms with Crippen molar-refractivity contribution in [3.05, 3.63) is 0 Å². The molecule has 1 heterocycles. The molecule has 5 heteroatoms. The third-order valence-electron chi connectivity index (χ3n) is 3.48. The molecule has 1 aliphatic heterocycles. The topological polar surface area (TPSA) is 75.4 Å². The fraction of sp³-hybridized carbons (Fsp3) is 0.846. The highest BCUT2D eigenvalue weighted by Gasteiger charge is 2.27. The largest absolute Gasteiger partial charge is 0.342 e. The molecule has 0 saturated carbocycles. The van der Waals surface area contributed by atoms with Gasteiger partial charge in [-0.05, 0) is 25.2 Å². The average Bonchev–Trinajstić information content (AvgIpc) is 2.69. The van der Waals surface area contributed by atoms with Gasteiger partial charge in [0.2, 0.25) is 11.8 Å². The van der Waals surface area contributed by atoms with E-state index in [9.17, 15) is 9.59 Å². The molecule has 5 nitrogen and oxygen atoms in total. The van der Waals surface area contributed by atoms with E-state index in [-0.39, 0.29) is 5.91 Å². The first-order chi connectivity index (χ1) is 8.67. The van der Waals surface area contributed by atoms with E-state index >= 15 is 0 Å². The van der Waals surface area contributed by atoms with Gasteiger partial charge in [0.1, 0.15) is 0 Å². The fourth-order valence-electron chi connectivity index (χ4n) is 2.51. The van der Waals surface area contributed by atoms with Crippen molar-refractivity contribution in [3.8, 4) is 0 Å². The SMILES string of the molecule is CCCC1CC(=O)N(CCCCCC(=O)NN)C1. The van der Waals surface area contributed by atoms with Gasteiger partial charge in [0.05, 0.1) is 0 Å². The number of amides is 2. The molecule has 0 aromatic rings. The van der Waals surface area contributed by atoms with E-state index in [4.69, 9.17) is 5.84 Å². The number of hydrogen-bond acceptors (Lipinski definition) is 3. The predicted octanol–water partition coefficient (Wildman–Crippen LogP) is 1.19. The second-order valence-electron chi connectivity index (χ2n) is 5.08. The molecular weight excluding hydrogens is 230 g/mol. The van der Waals surface area contributed by atoms with Gasteiger partial charge in [-0.2, -0.15) is 0 Å². The molecule has 1 aliphatic rings. The Morgan fingerprint density at radius 2 is 2.22 bits per heavy atom. The summed E-state index contributed by atoms with van der Waals surface area (Å²) in [4.78, 5) is 24.6. The van der Waals surface area contributed by atoms with E-state index in [1.807, 2.05) is 4.90 Å². The Hall–Kier alpha value is -1.10. The Morgan fingerprint density at radius 3 is 2.89 bits per heavy atom. The number of rotatable bonds is 8. The van der Waals surface area contributed by atoms with Crippen LogP contribution in [0.1, 0.15) is 51.9 Å². The molecule has 0 bridgehead atoms. The first kappa shape index (κ1) is 15.0. The quantitative estimate of drug-likeness (QED) is 0.296. The van der Waals surface area contributed by atoms with Crippen LogP contribution in [0.5, 0.6) is 0 Å². The molecule has 0 radical (unpaired) electrons. The summed E-state index contributed by atoms with van der Waals surface area (Å²) < 4.78 is 0. The minimum Gasteiger partial charge on any atom is -0.342 e. The highest BCUT2D eigenvalue weighted by molar-refractivity contribution is 5.78. The van der Waals surface area contributed by atoms with Crippen LogP contribution in [-0.2, 0) is 9.59 Å². The van der Waals surface area contributed by atoms with Gasteiger partial charge in [-0.25, -0.2) is 5.84 Å². The Balaban J connectivity index is 2.09. The summed E-state index contributed by atoms with van der Waals surface area (Å²) in [6, 6.07) is 0. The van der Waals surface area contributed by atoms with Gasteiger partial charge in [-0.1, -0.05) is 19.8 Å². The van der Waals surface area contributed by atoms with Crippen molar-refractivity contribution in [2.45, 2.75) is 51.9 Å². The van der Waals surface area contributed by atoms with Crippen LogP contribution in [0.4, 0.5) is 0 Å². The highest BCUT2D eigenvalue weighted by Crippen LogP contribution is 2.22. The molecule has 1 atom stereocenters. The van der Waals surface area contributed by atoms with Crippen LogP contribution in [0.25, 0.3) is 0 Å². The Labute approximate surface area is 109 Å². The lowest BCUT2D eigenvalue weighted by Crippen LogP contribution is -2.29. The molecule has 3 N–H and O–H groups in total. The monoisotopic (exact) mass is 255 g/mol. The zero-order chi connectivity index (χ0) is 13.4. The lowest BCUT2D eigenvalue weighted by molar-refractivity contribution is -0.128. The van der Waals surface area contributed by atoms with Crippen LogP contribution in [-0.4, -0.2) is 29.8 Å². The van der Waals surface area contributed by atoms with Gasteiger partial charge in [0, 0.05) is 25.9 Å². The summed E-state index contributed by atoms with van der Waals surface area (Å²) in [5, 5.41) is 0. The smallest absolute Gasteiger partial charge is 0.233 e. The van der Waals surface area contributed by atoms with Gasteiger partial charge < -0.3 is 4.90 Å². The number of hydrazine groups is 1. The number of nitrogens with zero attached hydrogens (tertiary/aromatic N) is 1. The lowest BCUT2D eigenvalue weighted by Gasteiger charge is -2.16. The standard InChI is InChI=1S/C13H25N3O2/c1-2-6-11-9-13(18)16(10-11)8-5-3-4-7-12(17)15-14/h11H,2-10,14H2,1H3,(H,15,17). The lowest BCUT2D eigenvalue weighted by atomic mass is 10.0. The summed E-state index contributed by atoms with van der Waals surface area (Å²) in [7, 11) is 0. The van der Waals surface area contributed by atoms with Crippen molar-refractivity contribution in [1.29, 1.82) is 0 Å². The maximum absolute atomic E-state index is 11.7. The van der Waals surface area contributed by atoms with Crippen LogP contribution >= 0.6 is 0 Å². The van der Waals surface area contributed by atoms with Gasteiger partial charge in [-0.3, -0.25) is 15.0 Å². The minimum atomic E-state index is -0.116. The van der Waals surface area contributed by atoms with Crippen LogP contribution in [0.15, 0.2) is 0 Å². The fourth-order valence-corrected chi connectivity index (χ4v) is 2.51. The molecule has 0 spiro atoms. The van der Waals surface area contributed by atoms with Crippen LogP contribution in [0.2, 0.25) is 0 Å². The van der Waals surface area contributed by atoms with Gasteiger partial charge in [0.15, 0.2) is 0 Å². The molecule has 104 valence electrons. The summed E-state index contributed by atoms with van der Waals surface area (Å²) >= 11 is 0. The molecule has 1 fully saturated rings. The molecule has 0 aliphatic carbocycles. The predicted molar refractivity (Wildman–Crippen MR) is 70.4 cm³/mol. The van der Waals surface area contributed by atoms with Crippen LogP contribution in [0, 0.1) is 5.92 Å². The third kappa shape index (κ3) is 5.04. The van der Waals surface area contributed by atoms with Crippen LogP contribution in [0.3, 0.4) is 0 Å². The number of carbonyl (C=O) groups excluding carboxylic acids is 2. The van der Waals surface area contributed by atoms with E-state index in [0.717, 1.165) is 51.6 Å². The molecule has 2 amide bonds. The minimum absolute atomic E-state index is 0.116. The number of nitrogens with two attached hydrogens (primary N) is 1. The Kier molecular flexibility index (Phi) is 6.72. The zero-order valence-corrected chi connectivity index (χ0v) is 11.3. The van der Waals surface area contributed by atoms with Crippen molar-refractivity contribution in [2.24, 2.45) is 11.8 Å². The molecule has 1 unspecified atom stereocenters. The van der Waals surface area contributed by atoms with Gasteiger partial charge in [0.25, 0.3) is 0 Å². The van der Waals surface area contributed by atoms with Gasteiger partial charge in [-0.15, -0.1) is 0 Å². The number of hydrogen-bond donors (Lipinski definition) is 2. The first-order valence-electron chi connectivity index (χ1n) is 6.94. The highest BCUT2D eigenvalue weighted by atomic mass is 16.2. The Morgan fingerprint density at radius 1 is 1.44 bits per heavy atom. The molecular formula is C13H25N3O2. The molecule has 18 heavy (non-hydrogen) atoms. The number of unbranched alkanes of at least 4 members (excludes halogenated alkanes) is 2. The van der Waals surface area contributed by atoms with Crippen molar-refractivity contribution >= 4 is 11.8 Å². The average molecular weight is 255 g/mol. The van der Waals surface area contributed by atoms with Crippen molar-refractivity contribution in [1.82, 2.24) is 10.3 Å². The van der Waals surface area contributed by atoms with Crippen LogP contribution < -0.4 is 11.3 Å². The summed E-state index contributed by atoms with van der Waals surface area (Å²) in [5.74, 6) is 5.74. The number of carbonyl (C=O) groups is 2.